The number of aryl methyl sites for hydroxylation is 3. The standard InChI is InChI=1S/C32H36NO/c1-19(2)15-22-11-12-26-20(3)29-31-30-24(13-14-33(31)5)17-25(23-9-7-6-8-10-23)18-28(30)34-32(29)21(4)27(26)16-22/h11-14,16-19,23H,6-10,15H2,1-5H3/q+1. The van der Waals surface area contributed by atoms with E-state index in [1.807, 2.05) is 0 Å². The molecule has 174 valence electrons. The van der Waals surface area contributed by atoms with Crippen LogP contribution in [0.5, 0.6) is 11.5 Å². The highest BCUT2D eigenvalue weighted by Gasteiger charge is 2.32. The third-order valence-electron chi connectivity index (χ3n) is 8.23. The van der Waals surface area contributed by atoms with Gasteiger partial charge in [-0.05, 0) is 83.9 Å². The lowest BCUT2D eigenvalue weighted by Gasteiger charge is -2.27. The van der Waals surface area contributed by atoms with Crippen LogP contribution in [0.4, 0.5) is 0 Å². The second kappa shape index (κ2) is 8.12. The van der Waals surface area contributed by atoms with Gasteiger partial charge in [0.1, 0.15) is 18.5 Å². The minimum atomic E-state index is 0.648. The molecular weight excluding hydrogens is 414 g/mol. The summed E-state index contributed by atoms with van der Waals surface area (Å²) < 4.78 is 9.15. The molecule has 4 aromatic rings. The van der Waals surface area contributed by atoms with E-state index in [0.29, 0.717) is 11.8 Å². The largest absolute Gasteiger partial charge is 0.455 e. The summed E-state index contributed by atoms with van der Waals surface area (Å²) in [7, 11) is 2.17. The molecule has 1 aromatic heterocycles. The zero-order valence-electron chi connectivity index (χ0n) is 21.3. The fraction of sp³-hybridized carbons (Fsp3) is 0.406. The van der Waals surface area contributed by atoms with Crippen LogP contribution in [0.25, 0.3) is 32.8 Å². The maximum atomic E-state index is 6.86. The molecule has 1 saturated carbocycles. The van der Waals surface area contributed by atoms with Crippen molar-refractivity contribution in [3.8, 4) is 22.8 Å². The molecule has 2 aliphatic rings. The highest BCUT2D eigenvalue weighted by molar-refractivity contribution is 6.06. The average molecular weight is 451 g/mol. The van der Waals surface area contributed by atoms with Crippen molar-refractivity contribution >= 4 is 21.5 Å². The van der Waals surface area contributed by atoms with Gasteiger partial charge in [0.05, 0.1) is 10.9 Å². The molecule has 3 aromatic carbocycles. The molecule has 0 bridgehead atoms. The van der Waals surface area contributed by atoms with Crippen LogP contribution < -0.4 is 9.30 Å². The van der Waals surface area contributed by atoms with Crippen LogP contribution in [-0.2, 0) is 13.5 Å². The lowest BCUT2D eigenvalue weighted by Crippen LogP contribution is -2.32. The number of nitrogens with zero attached hydrogens (tertiary/aromatic N) is 1. The molecule has 6 rings (SSSR count). The van der Waals surface area contributed by atoms with Crippen LogP contribution in [0.3, 0.4) is 0 Å². The van der Waals surface area contributed by atoms with Gasteiger partial charge in [-0.1, -0.05) is 57.4 Å². The Kier molecular flexibility index (Phi) is 5.17. The highest BCUT2D eigenvalue weighted by atomic mass is 16.5. The zero-order chi connectivity index (χ0) is 23.6. The summed E-state index contributed by atoms with van der Waals surface area (Å²) >= 11 is 0. The normalized spacial score (nSPS) is 15.7. The number of benzene rings is 3. The molecule has 0 saturated heterocycles. The Morgan fingerprint density at radius 3 is 2.50 bits per heavy atom. The van der Waals surface area contributed by atoms with Crippen LogP contribution in [0.15, 0.2) is 42.6 Å². The summed E-state index contributed by atoms with van der Waals surface area (Å²) in [4.78, 5) is 0. The zero-order valence-corrected chi connectivity index (χ0v) is 21.3. The van der Waals surface area contributed by atoms with Crippen LogP contribution >= 0.6 is 0 Å². The predicted octanol–water partition coefficient (Wildman–Crippen LogP) is 8.45. The van der Waals surface area contributed by atoms with Gasteiger partial charge < -0.3 is 4.74 Å². The van der Waals surface area contributed by atoms with Crippen LogP contribution in [0.1, 0.15) is 74.1 Å². The second-order valence-corrected chi connectivity index (χ2v) is 11.1. The predicted molar refractivity (Wildman–Crippen MR) is 142 cm³/mol. The van der Waals surface area contributed by atoms with E-state index in [0.717, 1.165) is 17.9 Å². The molecule has 2 heteroatoms. The quantitative estimate of drug-likeness (QED) is 0.251. The molecule has 0 atom stereocenters. The summed E-state index contributed by atoms with van der Waals surface area (Å²) in [6.07, 6.45) is 10.0. The van der Waals surface area contributed by atoms with Gasteiger partial charge in [0.25, 0.3) is 0 Å². The van der Waals surface area contributed by atoms with Crippen LogP contribution in [-0.4, -0.2) is 0 Å². The molecule has 0 N–H and O–H groups in total. The smallest absolute Gasteiger partial charge is 0.228 e. The summed E-state index contributed by atoms with van der Waals surface area (Å²) in [5.41, 5.74) is 7.99. The SMILES string of the molecule is Cc1c2c(c(C)c3ccc(CC(C)C)cc13)-c1c3c(cc(C4CCCCC4)cc3cc[n+]1C)O2. The number of hydrogen-bond acceptors (Lipinski definition) is 1. The molecule has 2 heterocycles. The van der Waals surface area contributed by atoms with Crippen molar-refractivity contribution in [2.45, 2.75) is 72.1 Å². The van der Waals surface area contributed by atoms with Crippen LogP contribution in [0, 0.1) is 19.8 Å². The highest BCUT2D eigenvalue weighted by Crippen LogP contribution is 2.51. The number of aromatic nitrogens is 1. The minimum absolute atomic E-state index is 0.648. The van der Waals surface area contributed by atoms with Crippen molar-refractivity contribution in [2.75, 3.05) is 0 Å². The molecule has 34 heavy (non-hydrogen) atoms. The third kappa shape index (κ3) is 3.34. The van der Waals surface area contributed by atoms with Gasteiger partial charge >= 0.3 is 0 Å². The lowest BCUT2D eigenvalue weighted by molar-refractivity contribution is -0.659. The van der Waals surface area contributed by atoms with Gasteiger partial charge in [-0.15, -0.1) is 0 Å². The Balaban J connectivity index is 1.61. The Morgan fingerprint density at radius 1 is 0.941 bits per heavy atom. The number of rotatable bonds is 3. The molecule has 1 fully saturated rings. The average Bonchev–Trinajstić information content (AvgIpc) is 2.84. The third-order valence-corrected chi connectivity index (χ3v) is 8.23. The Hall–Kier alpha value is -2.87. The monoisotopic (exact) mass is 450 g/mol. The fourth-order valence-corrected chi connectivity index (χ4v) is 6.51. The molecule has 1 aliphatic heterocycles. The number of fused-ring (bicyclic) bond motifs is 3. The summed E-state index contributed by atoms with van der Waals surface area (Å²) in [5.74, 6) is 3.39. The van der Waals surface area contributed by atoms with Gasteiger partial charge in [-0.25, -0.2) is 4.57 Å². The van der Waals surface area contributed by atoms with Crippen molar-refractivity contribution in [3.05, 3.63) is 64.8 Å². The van der Waals surface area contributed by atoms with E-state index in [1.54, 1.807) is 0 Å². The van der Waals surface area contributed by atoms with E-state index >= 15 is 0 Å². The first-order valence-electron chi connectivity index (χ1n) is 13.1. The molecule has 0 radical (unpaired) electrons. The summed E-state index contributed by atoms with van der Waals surface area (Å²) in [6.45, 7) is 9.10. The first-order chi connectivity index (χ1) is 16.4. The van der Waals surface area contributed by atoms with Gasteiger partial charge in [0.15, 0.2) is 6.20 Å². The molecule has 0 spiro atoms. The van der Waals surface area contributed by atoms with E-state index in [1.165, 1.54) is 87.2 Å². The first-order valence-corrected chi connectivity index (χ1v) is 13.1. The van der Waals surface area contributed by atoms with E-state index in [9.17, 15) is 0 Å². The number of ether oxygens (including phenoxy) is 1. The topological polar surface area (TPSA) is 13.1 Å². The van der Waals surface area contributed by atoms with E-state index in [2.05, 4.69) is 81.9 Å². The van der Waals surface area contributed by atoms with E-state index in [-0.39, 0.29) is 0 Å². The summed E-state index contributed by atoms with van der Waals surface area (Å²) in [6, 6.07) is 14.1. The Labute approximate surface area is 203 Å². The van der Waals surface area contributed by atoms with Gasteiger partial charge in [0.2, 0.25) is 5.69 Å². The van der Waals surface area contributed by atoms with Crippen LogP contribution in [0.2, 0.25) is 0 Å². The molecule has 1 aliphatic carbocycles. The molecule has 0 amide bonds. The maximum absolute atomic E-state index is 6.86. The Bertz CT molecular complexity index is 1440. The molecular formula is C32H36NO+. The maximum Gasteiger partial charge on any atom is 0.228 e. The fourth-order valence-electron chi connectivity index (χ4n) is 6.51. The van der Waals surface area contributed by atoms with Crippen molar-refractivity contribution in [2.24, 2.45) is 13.0 Å². The first kappa shape index (κ1) is 21.6. The van der Waals surface area contributed by atoms with Crippen molar-refractivity contribution in [3.63, 3.8) is 0 Å². The lowest BCUT2D eigenvalue weighted by atomic mass is 9.82. The second-order valence-electron chi connectivity index (χ2n) is 11.1. The van der Waals surface area contributed by atoms with Gasteiger partial charge in [-0.3, -0.25) is 0 Å². The van der Waals surface area contributed by atoms with Crippen molar-refractivity contribution < 1.29 is 9.30 Å². The van der Waals surface area contributed by atoms with Crippen molar-refractivity contribution in [1.29, 1.82) is 0 Å². The molecule has 0 unspecified atom stereocenters. The van der Waals surface area contributed by atoms with Crippen molar-refractivity contribution in [1.82, 2.24) is 0 Å². The minimum Gasteiger partial charge on any atom is -0.455 e. The number of pyridine rings is 1. The Morgan fingerprint density at radius 2 is 1.74 bits per heavy atom. The van der Waals surface area contributed by atoms with Gasteiger partial charge in [-0.2, -0.15) is 0 Å². The molecule has 2 nitrogen and oxygen atoms in total. The van der Waals surface area contributed by atoms with Gasteiger partial charge in [0, 0.05) is 11.6 Å². The van der Waals surface area contributed by atoms with E-state index in [4.69, 9.17) is 4.74 Å². The number of hydrogen-bond donors (Lipinski definition) is 0. The van der Waals surface area contributed by atoms with E-state index < -0.39 is 0 Å². The summed E-state index contributed by atoms with van der Waals surface area (Å²) in [5, 5.41) is 5.24.